The van der Waals surface area contributed by atoms with Gasteiger partial charge in [-0.1, -0.05) is 24.6 Å². The highest BCUT2D eigenvalue weighted by molar-refractivity contribution is 7.92. The molecular weight excluding hydrogens is 272 g/mol. The molecule has 0 aliphatic rings. The molecule has 0 unspecified atom stereocenters. The van der Waals surface area contributed by atoms with Gasteiger partial charge in [0.15, 0.2) is 0 Å². The fraction of sp³-hybridized carbons (Fsp3) is 0.600. The topological polar surface area (TPSA) is 49.4 Å². The molecule has 0 fully saturated rings. The molecule has 1 aromatic carbocycles. The zero-order valence-corrected chi connectivity index (χ0v) is 13.5. The van der Waals surface area contributed by atoms with E-state index in [1.807, 2.05) is 31.2 Å². The summed E-state index contributed by atoms with van der Waals surface area (Å²) in [5, 5.41) is 3.28. The Kier molecular flexibility index (Phi) is 7.02. The van der Waals surface area contributed by atoms with Crippen molar-refractivity contribution < 1.29 is 8.42 Å². The lowest BCUT2D eigenvalue weighted by molar-refractivity contribution is 0.584. The number of anilines is 1. The van der Waals surface area contributed by atoms with Crippen LogP contribution in [0.4, 0.5) is 5.69 Å². The second kappa shape index (κ2) is 8.27. The van der Waals surface area contributed by atoms with E-state index in [2.05, 4.69) is 12.2 Å². The highest BCUT2D eigenvalue weighted by Crippen LogP contribution is 2.17. The van der Waals surface area contributed by atoms with E-state index in [1.165, 1.54) is 4.31 Å². The number of rotatable bonds is 9. The van der Waals surface area contributed by atoms with Crippen LogP contribution in [0.3, 0.4) is 0 Å². The van der Waals surface area contributed by atoms with Crippen molar-refractivity contribution >= 4 is 15.7 Å². The molecule has 0 aliphatic carbocycles. The van der Waals surface area contributed by atoms with Crippen molar-refractivity contribution in [3.8, 4) is 0 Å². The third-order valence-electron chi connectivity index (χ3n) is 3.25. The summed E-state index contributed by atoms with van der Waals surface area (Å²) >= 11 is 0. The Morgan fingerprint density at radius 3 is 2.35 bits per heavy atom. The molecule has 0 radical (unpaired) electrons. The van der Waals surface area contributed by atoms with Crippen LogP contribution >= 0.6 is 0 Å². The van der Waals surface area contributed by atoms with Crippen molar-refractivity contribution in [2.75, 3.05) is 30.2 Å². The van der Waals surface area contributed by atoms with Crippen molar-refractivity contribution in [3.05, 3.63) is 29.8 Å². The molecule has 5 heteroatoms. The maximum absolute atomic E-state index is 12.2. The van der Waals surface area contributed by atoms with Crippen LogP contribution in [0.1, 0.15) is 31.7 Å². The number of hydrogen-bond donors (Lipinski definition) is 1. The van der Waals surface area contributed by atoms with Gasteiger partial charge in [-0.15, -0.1) is 0 Å². The van der Waals surface area contributed by atoms with Gasteiger partial charge in [0.1, 0.15) is 0 Å². The fourth-order valence-electron chi connectivity index (χ4n) is 1.89. The Balaban J connectivity index is 2.45. The van der Waals surface area contributed by atoms with E-state index in [0.717, 1.165) is 37.2 Å². The number of sulfonamides is 1. The minimum absolute atomic E-state index is 0.200. The first-order valence-electron chi connectivity index (χ1n) is 7.21. The predicted molar refractivity (Wildman–Crippen MR) is 85.8 cm³/mol. The molecule has 0 aliphatic heterocycles. The maximum atomic E-state index is 12.2. The SMILES string of the molecule is CCCNCCCCS(=O)(=O)N(C)c1ccc(C)cc1. The zero-order valence-electron chi connectivity index (χ0n) is 12.7. The molecule has 114 valence electrons. The van der Waals surface area contributed by atoms with E-state index in [0.29, 0.717) is 6.42 Å². The summed E-state index contributed by atoms with van der Waals surface area (Å²) in [6.07, 6.45) is 2.69. The van der Waals surface area contributed by atoms with Gasteiger partial charge in [-0.2, -0.15) is 0 Å². The second-order valence-electron chi connectivity index (χ2n) is 5.08. The third kappa shape index (κ3) is 5.51. The summed E-state index contributed by atoms with van der Waals surface area (Å²) in [6.45, 7) is 5.99. The van der Waals surface area contributed by atoms with Crippen LogP contribution in [0.5, 0.6) is 0 Å². The molecule has 0 spiro atoms. The van der Waals surface area contributed by atoms with Crippen LogP contribution in [0.2, 0.25) is 0 Å². The normalized spacial score (nSPS) is 11.6. The molecule has 4 nitrogen and oxygen atoms in total. The first-order chi connectivity index (χ1) is 9.47. The van der Waals surface area contributed by atoms with Gasteiger partial charge in [-0.3, -0.25) is 4.31 Å². The van der Waals surface area contributed by atoms with Crippen molar-refractivity contribution in [2.45, 2.75) is 33.1 Å². The number of hydrogen-bond acceptors (Lipinski definition) is 3. The maximum Gasteiger partial charge on any atom is 0.234 e. The van der Waals surface area contributed by atoms with Crippen molar-refractivity contribution in [1.82, 2.24) is 5.32 Å². The lowest BCUT2D eigenvalue weighted by Crippen LogP contribution is -2.29. The molecule has 0 aromatic heterocycles. The van der Waals surface area contributed by atoms with Crippen LogP contribution in [0.25, 0.3) is 0 Å². The fourth-order valence-corrected chi connectivity index (χ4v) is 3.17. The number of unbranched alkanes of at least 4 members (excludes halogenated alkanes) is 1. The highest BCUT2D eigenvalue weighted by atomic mass is 32.2. The average Bonchev–Trinajstić information content (AvgIpc) is 2.43. The van der Waals surface area contributed by atoms with Gasteiger partial charge in [-0.05, 0) is 51.4 Å². The number of nitrogens with one attached hydrogen (secondary N) is 1. The van der Waals surface area contributed by atoms with Gasteiger partial charge in [0, 0.05) is 7.05 Å². The molecule has 20 heavy (non-hydrogen) atoms. The van der Waals surface area contributed by atoms with E-state index < -0.39 is 10.0 Å². The van der Waals surface area contributed by atoms with Gasteiger partial charge in [0.05, 0.1) is 11.4 Å². The first-order valence-corrected chi connectivity index (χ1v) is 8.82. The zero-order chi connectivity index (χ0) is 15.0. The largest absolute Gasteiger partial charge is 0.317 e. The summed E-state index contributed by atoms with van der Waals surface area (Å²) in [5.41, 5.74) is 1.85. The molecule has 1 N–H and O–H groups in total. The Hall–Kier alpha value is -1.07. The third-order valence-corrected chi connectivity index (χ3v) is 5.10. The van der Waals surface area contributed by atoms with Crippen LogP contribution in [-0.4, -0.2) is 34.3 Å². The molecule has 0 atom stereocenters. The van der Waals surface area contributed by atoms with E-state index in [-0.39, 0.29) is 5.75 Å². The van der Waals surface area contributed by atoms with Gasteiger partial charge in [0.25, 0.3) is 0 Å². The summed E-state index contributed by atoms with van der Waals surface area (Å²) in [6, 6.07) is 7.54. The molecule has 1 aromatic rings. The Morgan fingerprint density at radius 1 is 1.10 bits per heavy atom. The summed E-state index contributed by atoms with van der Waals surface area (Å²) in [4.78, 5) is 0. The number of nitrogens with zero attached hydrogens (tertiary/aromatic N) is 1. The molecular formula is C15H26N2O2S. The minimum Gasteiger partial charge on any atom is -0.317 e. The summed E-state index contributed by atoms with van der Waals surface area (Å²) in [7, 11) is -1.59. The second-order valence-corrected chi connectivity index (χ2v) is 7.20. The number of aryl methyl sites for hydroxylation is 1. The van der Waals surface area contributed by atoms with Crippen LogP contribution < -0.4 is 9.62 Å². The molecule has 1 rings (SSSR count). The van der Waals surface area contributed by atoms with E-state index in [4.69, 9.17) is 0 Å². The Morgan fingerprint density at radius 2 is 1.75 bits per heavy atom. The van der Waals surface area contributed by atoms with E-state index in [9.17, 15) is 8.42 Å². The van der Waals surface area contributed by atoms with Crippen molar-refractivity contribution in [1.29, 1.82) is 0 Å². The molecule has 0 saturated carbocycles. The molecule has 0 bridgehead atoms. The average molecular weight is 298 g/mol. The van der Waals surface area contributed by atoms with E-state index in [1.54, 1.807) is 7.05 Å². The molecule has 0 saturated heterocycles. The predicted octanol–water partition coefficient (Wildman–Crippen LogP) is 2.54. The lowest BCUT2D eigenvalue weighted by Gasteiger charge is -2.19. The molecule has 0 heterocycles. The quantitative estimate of drug-likeness (QED) is 0.713. The minimum atomic E-state index is -3.21. The molecule has 0 amide bonds. The number of benzene rings is 1. The van der Waals surface area contributed by atoms with Crippen molar-refractivity contribution in [3.63, 3.8) is 0 Å². The van der Waals surface area contributed by atoms with Gasteiger partial charge >= 0.3 is 0 Å². The summed E-state index contributed by atoms with van der Waals surface area (Å²) < 4.78 is 25.8. The van der Waals surface area contributed by atoms with Crippen LogP contribution in [-0.2, 0) is 10.0 Å². The van der Waals surface area contributed by atoms with Crippen LogP contribution in [0.15, 0.2) is 24.3 Å². The van der Waals surface area contributed by atoms with Crippen molar-refractivity contribution in [2.24, 2.45) is 0 Å². The van der Waals surface area contributed by atoms with Gasteiger partial charge in [-0.25, -0.2) is 8.42 Å². The highest BCUT2D eigenvalue weighted by Gasteiger charge is 2.17. The summed E-state index contributed by atoms with van der Waals surface area (Å²) in [5.74, 6) is 0.200. The van der Waals surface area contributed by atoms with Crippen LogP contribution in [0, 0.1) is 6.92 Å². The first kappa shape index (κ1) is 17.0. The lowest BCUT2D eigenvalue weighted by atomic mass is 10.2. The Labute approximate surface area is 123 Å². The van der Waals surface area contributed by atoms with E-state index >= 15 is 0 Å². The Bertz CT molecular complexity index is 483. The van der Waals surface area contributed by atoms with Gasteiger partial charge < -0.3 is 5.32 Å². The van der Waals surface area contributed by atoms with Gasteiger partial charge in [0.2, 0.25) is 10.0 Å². The standard InChI is InChI=1S/C15H26N2O2S/c1-4-11-16-12-5-6-13-20(18,19)17(3)15-9-7-14(2)8-10-15/h7-10,16H,4-6,11-13H2,1-3H3. The monoisotopic (exact) mass is 298 g/mol. The smallest absolute Gasteiger partial charge is 0.234 e.